The second kappa shape index (κ2) is 6.11. The average molecular weight is 326 g/mol. The molecule has 0 saturated heterocycles. The van der Waals surface area contributed by atoms with Crippen LogP contribution in [-0.4, -0.2) is 26.3 Å². The van der Waals surface area contributed by atoms with Crippen LogP contribution in [0, 0.1) is 6.92 Å². The van der Waals surface area contributed by atoms with Crippen molar-refractivity contribution in [3.8, 4) is 5.69 Å². The fraction of sp³-hybridized carbons (Fsp3) is 0.118. The summed E-state index contributed by atoms with van der Waals surface area (Å²) < 4.78 is 12.1. The number of para-hydroxylation sites is 2. The van der Waals surface area contributed by atoms with Gasteiger partial charge in [0.1, 0.15) is 0 Å². The lowest BCUT2D eigenvalue weighted by Crippen LogP contribution is -2.21. The third-order valence-electron chi connectivity index (χ3n) is 3.65. The van der Waals surface area contributed by atoms with Crippen LogP contribution in [0.3, 0.4) is 0 Å². The van der Waals surface area contributed by atoms with Crippen LogP contribution in [0.2, 0.25) is 0 Å². The number of nitrogens with zero attached hydrogens (tertiary/aromatic N) is 3. The summed E-state index contributed by atoms with van der Waals surface area (Å²) in [5.41, 5.74) is 2.28. The van der Waals surface area contributed by atoms with Crippen molar-refractivity contribution in [1.29, 1.82) is 0 Å². The lowest BCUT2D eigenvalue weighted by atomic mass is 10.2. The molecule has 0 aliphatic carbocycles. The Hall–Kier alpha value is -3.22. The average Bonchev–Trinajstić information content (AvgIpc) is 2.96. The van der Waals surface area contributed by atoms with Crippen molar-refractivity contribution in [2.45, 2.75) is 6.92 Å². The number of aromatic nitrogens is 4. The maximum absolute atomic E-state index is 12.7. The molecule has 2 aromatic heterocycles. The number of H-pyrrole nitrogens is 1. The van der Waals surface area contributed by atoms with Crippen molar-refractivity contribution in [1.82, 2.24) is 19.2 Å². The summed E-state index contributed by atoms with van der Waals surface area (Å²) in [6, 6.07) is 14.6. The van der Waals surface area contributed by atoms with E-state index in [2.05, 4.69) is 10.1 Å². The Balaban J connectivity index is 0.000000815. The van der Waals surface area contributed by atoms with Crippen molar-refractivity contribution in [2.75, 3.05) is 7.18 Å². The Morgan fingerprint density at radius 3 is 2.38 bits per heavy atom. The molecule has 0 fully saturated rings. The maximum Gasteiger partial charge on any atom is 0.355 e. The number of nitrogens with one attached hydrogen (secondary N) is 1. The standard InChI is InChI=1S/C16H12N4O2.CH3F/c1-10-6-8-11(9-7-10)20-16(22)19-13-5-3-2-4-12(13)17-15(21)14(19)18-20;1-2/h2-9H,1H3,(H,17,21);1H3. The van der Waals surface area contributed by atoms with E-state index < -0.39 is 0 Å². The lowest BCUT2D eigenvalue weighted by molar-refractivity contribution is 0.636. The summed E-state index contributed by atoms with van der Waals surface area (Å²) in [6.45, 7) is 1.97. The van der Waals surface area contributed by atoms with Crippen LogP contribution in [0.15, 0.2) is 58.1 Å². The van der Waals surface area contributed by atoms with Crippen LogP contribution >= 0.6 is 0 Å². The number of benzene rings is 2. The molecule has 0 atom stereocenters. The Morgan fingerprint density at radius 1 is 1.00 bits per heavy atom. The van der Waals surface area contributed by atoms with Crippen molar-refractivity contribution in [3.63, 3.8) is 0 Å². The van der Waals surface area contributed by atoms with Crippen LogP contribution in [-0.2, 0) is 0 Å². The summed E-state index contributed by atoms with van der Waals surface area (Å²) >= 11 is 0. The van der Waals surface area contributed by atoms with Gasteiger partial charge in [0.25, 0.3) is 5.56 Å². The molecule has 7 heteroatoms. The van der Waals surface area contributed by atoms with Crippen LogP contribution in [0.4, 0.5) is 4.39 Å². The van der Waals surface area contributed by atoms with Crippen molar-refractivity contribution in [3.05, 3.63) is 74.9 Å². The van der Waals surface area contributed by atoms with Gasteiger partial charge in [-0.2, -0.15) is 4.68 Å². The van der Waals surface area contributed by atoms with Crippen LogP contribution in [0.25, 0.3) is 22.4 Å². The molecular formula is C17H15FN4O2. The number of alkyl halides is 1. The molecule has 0 spiro atoms. The van der Waals surface area contributed by atoms with Gasteiger partial charge in [-0.3, -0.25) is 9.18 Å². The summed E-state index contributed by atoms with van der Waals surface area (Å²) in [6.07, 6.45) is 0. The van der Waals surface area contributed by atoms with Crippen molar-refractivity contribution < 1.29 is 4.39 Å². The van der Waals surface area contributed by atoms with E-state index in [-0.39, 0.29) is 16.9 Å². The minimum absolute atomic E-state index is 0.0873. The number of fused-ring (bicyclic) bond motifs is 3. The van der Waals surface area contributed by atoms with Gasteiger partial charge >= 0.3 is 5.69 Å². The van der Waals surface area contributed by atoms with Gasteiger partial charge in [-0.1, -0.05) is 29.8 Å². The quantitative estimate of drug-likeness (QED) is 0.583. The number of hydrogen-bond donors (Lipinski definition) is 1. The fourth-order valence-electron chi connectivity index (χ4n) is 2.54. The number of rotatable bonds is 1. The first-order chi connectivity index (χ1) is 11.6. The molecule has 24 heavy (non-hydrogen) atoms. The molecule has 0 bridgehead atoms. The van der Waals surface area contributed by atoms with Crippen LogP contribution in [0.5, 0.6) is 0 Å². The van der Waals surface area contributed by atoms with E-state index in [0.717, 1.165) is 5.56 Å². The molecule has 0 amide bonds. The zero-order valence-electron chi connectivity index (χ0n) is 13.2. The molecule has 0 aliphatic heterocycles. The Morgan fingerprint density at radius 2 is 1.67 bits per heavy atom. The first kappa shape index (κ1) is 15.7. The van der Waals surface area contributed by atoms with Gasteiger partial charge in [-0.25, -0.2) is 9.20 Å². The second-order valence-electron chi connectivity index (χ2n) is 5.16. The zero-order valence-corrected chi connectivity index (χ0v) is 13.2. The van der Waals surface area contributed by atoms with E-state index in [1.54, 1.807) is 30.3 Å². The molecular weight excluding hydrogens is 311 g/mol. The smallest absolute Gasteiger partial charge is 0.317 e. The molecule has 4 aromatic rings. The van der Waals surface area contributed by atoms with E-state index in [1.165, 1.54) is 9.08 Å². The van der Waals surface area contributed by atoms with E-state index in [4.69, 9.17) is 0 Å². The van der Waals surface area contributed by atoms with Gasteiger partial charge < -0.3 is 4.98 Å². The topological polar surface area (TPSA) is 72.2 Å². The molecule has 0 unspecified atom stereocenters. The molecule has 122 valence electrons. The SMILES string of the molecule is CF.Cc1ccc(-n2nc3c(=O)[nH]c4ccccc4n3c2=O)cc1. The van der Waals surface area contributed by atoms with Gasteiger partial charge in [0.15, 0.2) is 0 Å². The maximum atomic E-state index is 12.7. The summed E-state index contributed by atoms with van der Waals surface area (Å²) in [7, 11) is 0.500. The molecule has 4 rings (SSSR count). The van der Waals surface area contributed by atoms with Crippen molar-refractivity contribution >= 4 is 16.7 Å². The number of halogens is 1. The first-order valence-corrected chi connectivity index (χ1v) is 7.23. The molecule has 1 N–H and O–H groups in total. The number of hydrogen-bond acceptors (Lipinski definition) is 3. The second-order valence-corrected chi connectivity index (χ2v) is 5.16. The third kappa shape index (κ3) is 2.40. The Labute approximate surface area is 135 Å². The van der Waals surface area contributed by atoms with Gasteiger partial charge in [-0.15, -0.1) is 5.10 Å². The highest BCUT2D eigenvalue weighted by Gasteiger charge is 2.14. The highest BCUT2D eigenvalue weighted by atomic mass is 19.1. The fourth-order valence-corrected chi connectivity index (χ4v) is 2.54. The van der Waals surface area contributed by atoms with E-state index in [0.29, 0.717) is 23.9 Å². The highest BCUT2D eigenvalue weighted by Crippen LogP contribution is 2.11. The monoisotopic (exact) mass is 326 g/mol. The zero-order chi connectivity index (χ0) is 17.3. The minimum atomic E-state index is -0.387. The lowest BCUT2D eigenvalue weighted by Gasteiger charge is -1.99. The highest BCUT2D eigenvalue weighted by molar-refractivity contribution is 5.76. The molecule has 0 saturated carbocycles. The molecule has 0 aliphatic rings. The van der Waals surface area contributed by atoms with Gasteiger partial charge in [-0.05, 0) is 31.2 Å². The van der Waals surface area contributed by atoms with Crippen LogP contribution in [0.1, 0.15) is 5.56 Å². The Bertz CT molecular complexity index is 1120. The Kier molecular flexibility index (Phi) is 3.99. The minimum Gasteiger partial charge on any atom is -0.317 e. The normalized spacial score (nSPS) is 10.6. The van der Waals surface area contributed by atoms with Crippen LogP contribution < -0.4 is 11.2 Å². The predicted octanol–water partition coefficient (Wildman–Crippen LogP) is 2.22. The summed E-state index contributed by atoms with van der Waals surface area (Å²) in [4.78, 5) is 27.6. The third-order valence-corrected chi connectivity index (χ3v) is 3.65. The largest absolute Gasteiger partial charge is 0.355 e. The van der Waals surface area contributed by atoms with Gasteiger partial charge in [0, 0.05) is 0 Å². The van der Waals surface area contributed by atoms with Gasteiger partial charge in [0.05, 0.1) is 23.9 Å². The van der Waals surface area contributed by atoms with E-state index >= 15 is 0 Å². The molecule has 6 nitrogen and oxygen atoms in total. The number of aryl methyl sites for hydroxylation is 1. The molecule has 2 aromatic carbocycles. The van der Waals surface area contributed by atoms with E-state index in [9.17, 15) is 14.0 Å². The first-order valence-electron chi connectivity index (χ1n) is 7.23. The summed E-state index contributed by atoms with van der Waals surface area (Å²) in [5.74, 6) is 0. The molecule has 2 heterocycles. The van der Waals surface area contributed by atoms with Gasteiger partial charge in [0.2, 0.25) is 5.65 Å². The number of aromatic amines is 1. The predicted molar refractivity (Wildman–Crippen MR) is 90.7 cm³/mol. The summed E-state index contributed by atoms with van der Waals surface area (Å²) in [5, 5.41) is 4.19. The van der Waals surface area contributed by atoms with Crippen molar-refractivity contribution in [2.24, 2.45) is 0 Å². The molecule has 0 radical (unpaired) electrons. The van der Waals surface area contributed by atoms with E-state index in [1.807, 2.05) is 25.1 Å².